The summed E-state index contributed by atoms with van der Waals surface area (Å²) in [6.45, 7) is 5.42. The second-order valence-corrected chi connectivity index (χ2v) is 5.65. The third-order valence-electron chi connectivity index (χ3n) is 3.30. The van der Waals surface area contributed by atoms with Gasteiger partial charge in [0.05, 0.1) is 6.61 Å². The molecule has 2 rings (SSSR count). The summed E-state index contributed by atoms with van der Waals surface area (Å²) in [5.74, 6) is 0.914. The monoisotopic (exact) mass is 323 g/mol. The van der Waals surface area contributed by atoms with Crippen molar-refractivity contribution < 1.29 is 4.74 Å². The van der Waals surface area contributed by atoms with E-state index in [9.17, 15) is 0 Å². The Morgan fingerprint density at radius 1 is 1.14 bits per heavy atom. The van der Waals surface area contributed by atoms with Crippen LogP contribution in [0.5, 0.6) is 5.75 Å². The molecule has 0 aliphatic heterocycles. The van der Waals surface area contributed by atoms with E-state index in [0.717, 1.165) is 21.9 Å². The molecule has 1 N–H and O–H groups in total. The first-order valence-corrected chi connectivity index (χ1v) is 7.76. The predicted octanol–water partition coefficient (Wildman–Crippen LogP) is 5.24. The van der Waals surface area contributed by atoms with Gasteiger partial charge in [-0.15, -0.1) is 0 Å². The smallest absolute Gasteiger partial charge is 0.123 e. The lowest BCUT2D eigenvalue weighted by Crippen LogP contribution is -2.19. The van der Waals surface area contributed by atoms with Gasteiger partial charge in [0, 0.05) is 28.2 Å². The third kappa shape index (κ3) is 4.37. The van der Waals surface area contributed by atoms with Crippen molar-refractivity contribution in [2.45, 2.75) is 26.4 Å². The third-order valence-corrected chi connectivity index (χ3v) is 3.88. The number of rotatable bonds is 6. The minimum absolute atomic E-state index is 0.103. The molecule has 4 heteroatoms. The van der Waals surface area contributed by atoms with Crippen molar-refractivity contribution in [3.05, 3.63) is 63.6 Å². The van der Waals surface area contributed by atoms with Gasteiger partial charge in [-0.2, -0.15) is 0 Å². The summed E-state index contributed by atoms with van der Waals surface area (Å²) in [6, 6.07) is 13.7. The van der Waals surface area contributed by atoms with E-state index in [4.69, 9.17) is 27.9 Å². The Labute approximate surface area is 136 Å². The molecule has 0 aliphatic rings. The summed E-state index contributed by atoms with van der Waals surface area (Å²) >= 11 is 12.3. The van der Waals surface area contributed by atoms with Crippen molar-refractivity contribution in [1.82, 2.24) is 5.32 Å². The average molecular weight is 324 g/mol. The topological polar surface area (TPSA) is 21.3 Å². The van der Waals surface area contributed by atoms with Crippen LogP contribution in [0.4, 0.5) is 0 Å². The molecule has 0 bridgehead atoms. The highest BCUT2D eigenvalue weighted by Gasteiger charge is 2.11. The van der Waals surface area contributed by atoms with Gasteiger partial charge in [0.1, 0.15) is 5.75 Å². The van der Waals surface area contributed by atoms with Gasteiger partial charge in [0.25, 0.3) is 0 Å². The minimum atomic E-state index is 0.103. The Morgan fingerprint density at radius 3 is 2.67 bits per heavy atom. The summed E-state index contributed by atoms with van der Waals surface area (Å²) in [6.07, 6.45) is 0. The van der Waals surface area contributed by atoms with Gasteiger partial charge in [-0.1, -0.05) is 41.4 Å². The molecule has 2 nitrogen and oxygen atoms in total. The van der Waals surface area contributed by atoms with E-state index in [1.54, 1.807) is 6.07 Å². The molecule has 0 radical (unpaired) electrons. The molecule has 2 aromatic rings. The summed E-state index contributed by atoms with van der Waals surface area (Å²) in [7, 11) is 0. The molecular weight excluding hydrogens is 305 g/mol. The van der Waals surface area contributed by atoms with Crippen molar-refractivity contribution in [3.63, 3.8) is 0 Å². The second kappa shape index (κ2) is 7.69. The number of hydrogen-bond acceptors (Lipinski definition) is 2. The van der Waals surface area contributed by atoms with Crippen molar-refractivity contribution >= 4 is 23.2 Å². The van der Waals surface area contributed by atoms with Crippen molar-refractivity contribution in [2.24, 2.45) is 0 Å². The number of para-hydroxylation sites is 1. The first-order chi connectivity index (χ1) is 10.1. The summed E-state index contributed by atoms with van der Waals surface area (Å²) in [5.41, 5.74) is 2.13. The van der Waals surface area contributed by atoms with E-state index >= 15 is 0 Å². The molecule has 112 valence electrons. The van der Waals surface area contributed by atoms with Crippen LogP contribution in [0.1, 0.15) is 31.0 Å². The Hall–Kier alpha value is -1.22. The van der Waals surface area contributed by atoms with Crippen LogP contribution in [0, 0.1) is 0 Å². The fraction of sp³-hybridized carbons (Fsp3) is 0.294. The Morgan fingerprint density at radius 2 is 1.90 bits per heavy atom. The first-order valence-electron chi connectivity index (χ1n) is 7.01. The second-order valence-electron chi connectivity index (χ2n) is 4.81. The van der Waals surface area contributed by atoms with Crippen molar-refractivity contribution in [3.8, 4) is 5.75 Å². The number of halogens is 2. The normalized spacial score (nSPS) is 12.2. The van der Waals surface area contributed by atoms with Crippen LogP contribution in [0.15, 0.2) is 42.5 Å². The molecule has 0 aliphatic carbocycles. The lowest BCUT2D eigenvalue weighted by atomic mass is 10.1. The number of nitrogens with one attached hydrogen (secondary N) is 1. The fourth-order valence-corrected chi connectivity index (χ4v) is 2.63. The van der Waals surface area contributed by atoms with E-state index in [2.05, 4.69) is 18.3 Å². The standard InChI is InChI=1S/C17H19Cl2NO/c1-3-21-17-7-5-4-6-13(17)11-20-12(2)15-10-14(18)8-9-16(15)19/h4-10,12,20H,3,11H2,1-2H3. The largest absolute Gasteiger partial charge is 0.494 e. The van der Waals surface area contributed by atoms with Crippen LogP contribution >= 0.6 is 23.2 Å². The molecule has 2 aromatic carbocycles. The van der Waals surface area contributed by atoms with E-state index in [-0.39, 0.29) is 6.04 Å². The average Bonchev–Trinajstić information content (AvgIpc) is 2.49. The first kappa shape index (κ1) is 16.2. The lowest BCUT2D eigenvalue weighted by molar-refractivity contribution is 0.335. The highest BCUT2D eigenvalue weighted by Crippen LogP contribution is 2.27. The Kier molecular flexibility index (Phi) is 5.92. The molecule has 0 amide bonds. The Balaban J connectivity index is 2.07. The van der Waals surface area contributed by atoms with Crippen LogP contribution in [0.3, 0.4) is 0 Å². The molecule has 0 saturated carbocycles. The molecule has 0 saturated heterocycles. The molecule has 0 heterocycles. The SMILES string of the molecule is CCOc1ccccc1CNC(C)c1cc(Cl)ccc1Cl. The Bertz CT molecular complexity index is 601. The lowest BCUT2D eigenvalue weighted by Gasteiger charge is -2.17. The van der Waals surface area contributed by atoms with Gasteiger partial charge in [-0.05, 0) is 43.7 Å². The van der Waals surface area contributed by atoms with Crippen LogP contribution < -0.4 is 10.1 Å². The number of hydrogen-bond donors (Lipinski definition) is 1. The molecule has 0 fully saturated rings. The maximum absolute atomic E-state index is 6.23. The van der Waals surface area contributed by atoms with E-state index in [1.807, 2.05) is 37.3 Å². The van der Waals surface area contributed by atoms with Crippen LogP contribution in [-0.4, -0.2) is 6.61 Å². The number of ether oxygens (including phenoxy) is 1. The molecule has 21 heavy (non-hydrogen) atoms. The van der Waals surface area contributed by atoms with Crippen molar-refractivity contribution in [1.29, 1.82) is 0 Å². The van der Waals surface area contributed by atoms with Crippen molar-refractivity contribution in [2.75, 3.05) is 6.61 Å². The molecule has 1 atom stereocenters. The molecular formula is C17H19Cl2NO. The van der Waals surface area contributed by atoms with E-state index in [1.165, 1.54) is 0 Å². The summed E-state index contributed by atoms with van der Waals surface area (Å²) in [4.78, 5) is 0. The summed E-state index contributed by atoms with van der Waals surface area (Å²) < 4.78 is 5.63. The quantitative estimate of drug-likeness (QED) is 0.784. The van der Waals surface area contributed by atoms with Gasteiger partial charge >= 0.3 is 0 Å². The van der Waals surface area contributed by atoms with Crippen LogP contribution in [0.2, 0.25) is 10.0 Å². The highest BCUT2D eigenvalue weighted by atomic mass is 35.5. The van der Waals surface area contributed by atoms with Gasteiger partial charge in [-0.25, -0.2) is 0 Å². The van der Waals surface area contributed by atoms with Gasteiger partial charge < -0.3 is 10.1 Å². The van der Waals surface area contributed by atoms with E-state index in [0.29, 0.717) is 18.2 Å². The zero-order chi connectivity index (χ0) is 15.2. The van der Waals surface area contributed by atoms with Crippen LogP contribution in [-0.2, 0) is 6.54 Å². The maximum Gasteiger partial charge on any atom is 0.123 e. The maximum atomic E-state index is 6.23. The minimum Gasteiger partial charge on any atom is -0.494 e. The van der Waals surface area contributed by atoms with E-state index < -0.39 is 0 Å². The van der Waals surface area contributed by atoms with Gasteiger partial charge in [-0.3, -0.25) is 0 Å². The molecule has 0 spiro atoms. The zero-order valence-electron chi connectivity index (χ0n) is 12.2. The fourth-order valence-electron chi connectivity index (χ4n) is 2.17. The van der Waals surface area contributed by atoms with Gasteiger partial charge in [0.2, 0.25) is 0 Å². The van der Waals surface area contributed by atoms with Gasteiger partial charge in [0.15, 0.2) is 0 Å². The molecule has 1 unspecified atom stereocenters. The zero-order valence-corrected chi connectivity index (χ0v) is 13.7. The van der Waals surface area contributed by atoms with Crippen LogP contribution in [0.25, 0.3) is 0 Å². The number of benzene rings is 2. The highest BCUT2D eigenvalue weighted by molar-refractivity contribution is 6.33. The predicted molar refractivity (Wildman–Crippen MR) is 89.3 cm³/mol. The molecule has 0 aromatic heterocycles. The summed E-state index contributed by atoms with van der Waals surface area (Å²) in [5, 5.41) is 4.87.